The molecule has 1 atom stereocenters. The first-order chi connectivity index (χ1) is 13.3. The number of ether oxygens (including phenoxy) is 1. The lowest BCUT2D eigenvalue weighted by Crippen LogP contribution is -2.23. The molecule has 1 N–H and O–H groups in total. The summed E-state index contributed by atoms with van der Waals surface area (Å²) in [5.74, 6) is -0.0699. The normalized spacial score (nSPS) is 12.6. The fraction of sp³-hybridized carbons (Fsp3) is 0.250. The van der Waals surface area contributed by atoms with E-state index in [1.54, 1.807) is 19.1 Å². The number of rotatable bonds is 7. The lowest BCUT2D eigenvalue weighted by atomic mass is 10.3. The van der Waals surface area contributed by atoms with Crippen molar-refractivity contribution in [1.29, 1.82) is 0 Å². The molecule has 3 rings (SSSR count). The predicted molar refractivity (Wildman–Crippen MR) is 92.7 cm³/mol. The molecule has 0 saturated carbocycles. The van der Waals surface area contributed by atoms with Crippen LogP contribution >= 0.6 is 11.8 Å². The van der Waals surface area contributed by atoms with Gasteiger partial charge in [0, 0.05) is 5.69 Å². The summed E-state index contributed by atoms with van der Waals surface area (Å²) in [4.78, 5) is 12.3. The van der Waals surface area contributed by atoms with E-state index in [4.69, 9.17) is 4.42 Å². The van der Waals surface area contributed by atoms with Crippen LogP contribution in [0.1, 0.15) is 12.7 Å². The molecular formula is C16H14F3N5O3S. The van der Waals surface area contributed by atoms with Crippen LogP contribution in [0, 0.1) is 0 Å². The third-order valence-electron chi connectivity index (χ3n) is 3.39. The minimum atomic E-state index is -4.77. The minimum Gasteiger partial charge on any atom is -0.467 e. The number of halogens is 3. The van der Waals surface area contributed by atoms with E-state index in [0.717, 1.165) is 23.9 Å². The predicted octanol–water partition coefficient (Wildman–Crippen LogP) is 3.33. The number of benzene rings is 1. The van der Waals surface area contributed by atoms with E-state index in [9.17, 15) is 18.0 Å². The van der Waals surface area contributed by atoms with Crippen LogP contribution in [-0.4, -0.2) is 37.7 Å². The molecule has 2 aromatic heterocycles. The third kappa shape index (κ3) is 5.49. The number of tetrazole rings is 1. The average Bonchev–Trinajstić information content (AvgIpc) is 3.28. The van der Waals surface area contributed by atoms with Gasteiger partial charge in [0.05, 0.1) is 11.5 Å². The second-order valence-electron chi connectivity index (χ2n) is 5.52. The quantitative estimate of drug-likeness (QED) is 0.594. The number of amides is 1. The van der Waals surface area contributed by atoms with E-state index in [1.807, 2.05) is 0 Å². The molecule has 1 aromatic carbocycles. The average molecular weight is 413 g/mol. The number of nitrogens with zero attached hydrogens (tertiary/aromatic N) is 4. The molecule has 28 heavy (non-hydrogen) atoms. The molecule has 0 saturated heterocycles. The van der Waals surface area contributed by atoms with Crippen molar-refractivity contribution < 1.29 is 27.1 Å². The van der Waals surface area contributed by atoms with Crippen LogP contribution in [0.2, 0.25) is 0 Å². The van der Waals surface area contributed by atoms with E-state index in [0.29, 0.717) is 23.1 Å². The Morgan fingerprint density at radius 3 is 2.71 bits per heavy atom. The van der Waals surface area contributed by atoms with Crippen LogP contribution in [-0.2, 0) is 11.3 Å². The van der Waals surface area contributed by atoms with Crippen LogP contribution in [0.5, 0.6) is 5.75 Å². The second-order valence-corrected chi connectivity index (χ2v) is 6.83. The molecule has 1 amide bonds. The number of anilines is 1. The van der Waals surface area contributed by atoms with Gasteiger partial charge in [0.15, 0.2) is 0 Å². The number of carbonyl (C=O) groups excluding carboxylic acids is 1. The number of thioether (sulfide) groups is 1. The van der Waals surface area contributed by atoms with Crippen molar-refractivity contribution in [3.05, 3.63) is 48.4 Å². The molecule has 148 valence electrons. The Labute approximate surface area is 161 Å². The zero-order chi connectivity index (χ0) is 20.1. The number of carbonyl (C=O) groups is 1. The maximum atomic E-state index is 12.3. The summed E-state index contributed by atoms with van der Waals surface area (Å²) in [6, 6.07) is 8.39. The molecule has 8 nitrogen and oxygen atoms in total. The van der Waals surface area contributed by atoms with Gasteiger partial charge in [-0.3, -0.25) is 4.79 Å². The van der Waals surface area contributed by atoms with Crippen molar-refractivity contribution in [2.24, 2.45) is 0 Å². The Morgan fingerprint density at radius 1 is 1.32 bits per heavy atom. The van der Waals surface area contributed by atoms with Gasteiger partial charge in [0.1, 0.15) is 18.1 Å². The van der Waals surface area contributed by atoms with E-state index < -0.39 is 11.6 Å². The molecular weight excluding hydrogens is 399 g/mol. The van der Waals surface area contributed by atoms with Crippen LogP contribution in [0.4, 0.5) is 18.9 Å². The molecule has 0 bridgehead atoms. The monoisotopic (exact) mass is 413 g/mol. The SMILES string of the molecule is CC(Sc1nnnn1Cc1ccco1)C(=O)Nc1ccc(OC(F)(F)F)cc1. The van der Waals surface area contributed by atoms with Gasteiger partial charge in [-0.1, -0.05) is 11.8 Å². The molecule has 2 heterocycles. The first kappa shape index (κ1) is 19.7. The van der Waals surface area contributed by atoms with Crippen LogP contribution in [0.25, 0.3) is 0 Å². The second kappa shape index (κ2) is 8.33. The summed E-state index contributed by atoms with van der Waals surface area (Å²) in [5, 5.41) is 13.8. The van der Waals surface area contributed by atoms with E-state index in [2.05, 4.69) is 25.6 Å². The fourth-order valence-electron chi connectivity index (χ4n) is 2.13. The number of hydrogen-bond acceptors (Lipinski definition) is 7. The number of alkyl halides is 3. The molecule has 0 aliphatic carbocycles. The van der Waals surface area contributed by atoms with Crippen LogP contribution in [0.15, 0.2) is 52.2 Å². The van der Waals surface area contributed by atoms with Crippen molar-refractivity contribution in [3.8, 4) is 5.75 Å². The van der Waals surface area contributed by atoms with Crippen molar-refractivity contribution in [2.75, 3.05) is 5.32 Å². The maximum Gasteiger partial charge on any atom is 0.573 e. The van der Waals surface area contributed by atoms with Gasteiger partial charge in [-0.2, -0.15) is 0 Å². The molecule has 12 heteroatoms. The van der Waals surface area contributed by atoms with Crippen LogP contribution < -0.4 is 10.1 Å². The molecule has 0 fully saturated rings. The van der Waals surface area contributed by atoms with Crippen LogP contribution in [0.3, 0.4) is 0 Å². The number of aromatic nitrogens is 4. The fourth-order valence-corrected chi connectivity index (χ4v) is 2.91. The van der Waals surface area contributed by atoms with Gasteiger partial charge in [-0.05, 0) is 53.7 Å². The van der Waals surface area contributed by atoms with Crippen molar-refractivity contribution in [3.63, 3.8) is 0 Å². The van der Waals surface area contributed by atoms with Gasteiger partial charge in [0.2, 0.25) is 11.1 Å². The topological polar surface area (TPSA) is 95.1 Å². The first-order valence-corrected chi connectivity index (χ1v) is 8.80. The Balaban J connectivity index is 1.57. The summed E-state index contributed by atoms with van der Waals surface area (Å²) in [7, 11) is 0. The van der Waals surface area contributed by atoms with E-state index in [-0.39, 0.29) is 11.7 Å². The lowest BCUT2D eigenvalue weighted by molar-refractivity contribution is -0.274. The Morgan fingerprint density at radius 2 is 2.07 bits per heavy atom. The highest BCUT2D eigenvalue weighted by Crippen LogP contribution is 2.25. The smallest absolute Gasteiger partial charge is 0.467 e. The molecule has 0 aliphatic heterocycles. The van der Waals surface area contributed by atoms with Gasteiger partial charge in [-0.15, -0.1) is 18.3 Å². The van der Waals surface area contributed by atoms with E-state index in [1.165, 1.54) is 23.1 Å². The Kier molecular flexibility index (Phi) is 5.87. The summed E-state index contributed by atoms with van der Waals surface area (Å²) >= 11 is 1.14. The van der Waals surface area contributed by atoms with Gasteiger partial charge in [0.25, 0.3) is 0 Å². The van der Waals surface area contributed by atoms with Crippen molar-refractivity contribution in [2.45, 2.75) is 30.2 Å². The molecule has 0 aliphatic rings. The summed E-state index contributed by atoms with van der Waals surface area (Å²) in [6.45, 7) is 1.98. The molecule has 3 aromatic rings. The number of hydrogen-bond donors (Lipinski definition) is 1. The minimum absolute atomic E-state index is 0.317. The largest absolute Gasteiger partial charge is 0.573 e. The molecule has 1 unspecified atom stereocenters. The van der Waals surface area contributed by atoms with Crippen molar-refractivity contribution in [1.82, 2.24) is 20.2 Å². The third-order valence-corrected chi connectivity index (χ3v) is 4.46. The van der Waals surface area contributed by atoms with Gasteiger partial charge >= 0.3 is 6.36 Å². The highest BCUT2D eigenvalue weighted by Gasteiger charge is 2.31. The van der Waals surface area contributed by atoms with Crippen molar-refractivity contribution >= 4 is 23.4 Å². The highest BCUT2D eigenvalue weighted by molar-refractivity contribution is 8.00. The van der Waals surface area contributed by atoms with Gasteiger partial charge < -0.3 is 14.5 Å². The van der Waals surface area contributed by atoms with E-state index >= 15 is 0 Å². The number of nitrogens with one attached hydrogen (secondary N) is 1. The maximum absolute atomic E-state index is 12.3. The molecule has 0 spiro atoms. The highest BCUT2D eigenvalue weighted by atomic mass is 32.2. The number of furan rings is 1. The first-order valence-electron chi connectivity index (χ1n) is 7.92. The summed E-state index contributed by atoms with van der Waals surface area (Å²) in [5.41, 5.74) is 0.335. The Hall–Kier alpha value is -3.02. The summed E-state index contributed by atoms with van der Waals surface area (Å²) < 4.78 is 47.0. The zero-order valence-electron chi connectivity index (χ0n) is 14.4. The standard InChI is InChI=1S/C16H14F3N5O3S/c1-10(28-15-21-22-23-24(15)9-13-3-2-8-26-13)14(25)20-11-4-6-12(7-5-11)27-16(17,18)19/h2-8,10H,9H2,1H3,(H,20,25). The Bertz CT molecular complexity index is 913. The summed E-state index contributed by atoms with van der Waals surface area (Å²) in [6.07, 6.45) is -3.23. The zero-order valence-corrected chi connectivity index (χ0v) is 15.2. The lowest BCUT2D eigenvalue weighted by Gasteiger charge is -2.12. The van der Waals surface area contributed by atoms with Gasteiger partial charge in [-0.25, -0.2) is 4.68 Å². The molecule has 0 radical (unpaired) electrons.